The van der Waals surface area contributed by atoms with Crippen LogP contribution in [-0.2, 0) is 6.42 Å². The Kier molecular flexibility index (Phi) is 5.00. The van der Waals surface area contributed by atoms with Crippen LogP contribution in [0, 0.1) is 0 Å². The highest BCUT2D eigenvalue weighted by Crippen LogP contribution is 2.41. The summed E-state index contributed by atoms with van der Waals surface area (Å²) in [6, 6.07) is 7.53. The van der Waals surface area contributed by atoms with Crippen molar-refractivity contribution in [3.63, 3.8) is 0 Å². The maximum atomic E-state index is 6.52. The van der Waals surface area contributed by atoms with Crippen LogP contribution in [0.25, 0.3) is 0 Å². The van der Waals surface area contributed by atoms with Gasteiger partial charge in [-0.05, 0) is 40.2 Å². The molecule has 2 aromatic rings. The van der Waals surface area contributed by atoms with E-state index >= 15 is 0 Å². The number of hydrogen-bond acceptors (Lipinski definition) is 3. The largest absolute Gasteiger partial charge is 0.496 e. The second-order valence-electron chi connectivity index (χ2n) is 4.25. The highest BCUT2D eigenvalue weighted by Gasteiger charge is 2.21. The minimum Gasteiger partial charge on any atom is -0.496 e. The molecule has 0 amide bonds. The minimum absolute atomic E-state index is 0.424. The van der Waals surface area contributed by atoms with Crippen LogP contribution in [-0.4, -0.2) is 14.2 Å². The van der Waals surface area contributed by atoms with Gasteiger partial charge in [0.15, 0.2) is 0 Å². The summed E-state index contributed by atoms with van der Waals surface area (Å²) in [6.45, 7) is 2.04. The summed E-state index contributed by atoms with van der Waals surface area (Å²) in [5.74, 6) is 3.00. The molecule has 1 unspecified atom stereocenters. The van der Waals surface area contributed by atoms with E-state index in [1.165, 1.54) is 0 Å². The Labute approximate surface area is 132 Å². The van der Waals surface area contributed by atoms with E-state index < -0.39 is 5.38 Å². The zero-order valence-electron chi connectivity index (χ0n) is 11.6. The topological polar surface area (TPSA) is 31.6 Å². The van der Waals surface area contributed by atoms with E-state index in [2.05, 4.69) is 15.9 Å². The van der Waals surface area contributed by atoms with Crippen LogP contribution in [0.2, 0.25) is 0 Å². The van der Waals surface area contributed by atoms with Crippen LogP contribution in [0.15, 0.2) is 33.2 Å². The number of alkyl halides is 1. The van der Waals surface area contributed by atoms with Crippen molar-refractivity contribution in [1.82, 2.24) is 0 Å². The van der Waals surface area contributed by atoms with Crippen LogP contribution in [0.5, 0.6) is 11.5 Å². The summed E-state index contributed by atoms with van der Waals surface area (Å²) >= 11 is 9.95. The Morgan fingerprint density at radius 1 is 1.20 bits per heavy atom. The lowest BCUT2D eigenvalue weighted by Crippen LogP contribution is -1.98. The van der Waals surface area contributed by atoms with E-state index in [4.69, 9.17) is 25.5 Å². The summed E-state index contributed by atoms with van der Waals surface area (Å²) in [4.78, 5) is 0. The van der Waals surface area contributed by atoms with Crippen LogP contribution in [0.3, 0.4) is 0 Å². The van der Waals surface area contributed by atoms with Gasteiger partial charge in [-0.25, -0.2) is 0 Å². The molecular formula is C15H16BrClO3. The lowest BCUT2D eigenvalue weighted by molar-refractivity contribution is 0.394. The van der Waals surface area contributed by atoms with Crippen LogP contribution < -0.4 is 9.47 Å². The van der Waals surface area contributed by atoms with E-state index in [0.29, 0.717) is 17.3 Å². The molecule has 0 aliphatic heterocycles. The van der Waals surface area contributed by atoms with Gasteiger partial charge in [0, 0.05) is 12.0 Å². The van der Waals surface area contributed by atoms with E-state index in [1.54, 1.807) is 14.2 Å². The molecule has 20 heavy (non-hydrogen) atoms. The smallest absolute Gasteiger partial charge is 0.133 e. The van der Waals surface area contributed by atoms with Crippen molar-refractivity contribution in [2.45, 2.75) is 18.7 Å². The van der Waals surface area contributed by atoms with Crippen molar-refractivity contribution in [3.8, 4) is 11.5 Å². The molecule has 0 saturated heterocycles. The molecule has 0 radical (unpaired) electrons. The van der Waals surface area contributed by atoms with Crippen molar-refractivity contribution in [2.24, 2.45) is 0 Å². The fourth-order valence-electron chi connectivity index (χ4n) is 1.96. The second-order valence-corrected chi connectivity index (χ2v) is 5.54. The molecule has 2 rings (SSSR count). The third-order valence-corrected chi connectivity index (χ3v) is 4.13. The van der Waals surface area contributed by atoms with Gasteiger partial charge in [-0.1, -0.05) is 6.92 Å². The zero-order chi connectivity index (χ0) is 14.7. The molecule has 1 aromatic carbocycles. The SMILES string of the molecule is CCc1ccc(C(Cl)c2cc(OC)c(Br)cc2OC)o1. The Bertz CT molecular complexity index is 595. The Morgan fingerprint density at radius 2 is 1.90 bits per heavy atom. The molecule has 1 atom stereocenters. The zero-order valence-corrected chi connectivity index (χ0v) is 13.9. The standard InChI is InChI=1S/C15H16BrClO3/c1-4-9-5-6-12(20-9)15(17)10-7-14(19-3)11(16)8-13(10)18-2/h5-8,15H,4H2,1-3H3. The monoisotopic (exact) mass is 358 g/mol. The molecule has 5 heteroatoms. The van der Waals surface area contributed by atoms with Crippen LogP contribution in [0.1, 0.15) is 29.4 Å². The summed E-state index contributed by atoms with van der Waals surface area (Å²) < 4.78 is 17.2. The third kappa shape index (κ3) is 2.96. The first-order valence-corrected chi connectivity index (χ1v) is 7.47. The Hall–Kier alpha value is -1.13. The minimum atomic E-state index is -0.424. The van der Waals surface area contributed by atoms with Crippen molar-refractivity contribution < 1.29 is 13.9 Å². The molecule has 0 saturated carbocycles. The van der Waals surface area contributed by atoms with Gasteiger partial charge in [0.25, 0.3) is 0 Å². The molecule has 0 aliphatic rings. The predicted octanol–water partition coefficient (Wildman–Crippen LogP) is 4.95. The number of methoxy groups -OCH3 is 2. The molecule has 0 bridgehead atoms. The summed E-state index contributed by atoms with van der Waals surface area (Å²) in [6.07, 6.45) is 0.838. The van der Waals surface area contributed by atoms with Gasteiger partial charge < -0.3 is 13.9 Å². The first-order chi connectivity index (χ1) is 9.60. The Morgan fingerprint density at radius 3 is 2.45 bits per heavy atom. The first kappa shape index (κ1) is 15.3. The maximum absolute atomic E-state index is 6.52. The van der Waals surface area contributed by atoms with Gasteiger partial charge in [-0.2, -0.15) is 0 Å². The average molecular weight is 360 g/mol. The quantitative estimate of drug-likeness (QED) is 0.708. The van der Waals surface area contributed by atoms with Crippen molar-refractivity contribution in [1.29, 1.82) is 0 Å². The lowest BCUT2D eigenvalue weighted by Gasteiger charge is -2.15. The number of rotatable bonds is 5. The third-order valence-electron chi connectivity index (χ3n) is 3.06. The normalized spacial score (nSPS) is 12.2. The van der Waals surface area contributed by atoms with Gasteiger partial charge >= 0.3 is 0 Å². The number of benzene rings is 1. The first-order valence-electron chi connectivity index (χ1n) is 6.24. The highest BCUT2D eigenvalue weighted by molar-refractivity contribution is 9.10. The molecular weight excluding hydrogens is 344 g/mol. The summed E-state index contributed by atoms with van der Waals surface area (Å²) in [7, 11) is 3.22. The lowest BCUT2D eigenvalue weighted by atomic mass is 10.1. The predicted molar refractivity (Wildman–Crippen MR) is 83.0 cm³/mol. The molecule has 0 fully saturated rings. The van der Waals surface area contributed by atoms with Crippen LogP contribution >= 0.6 is 27.5 Å². The van der Waals surface area contributed by atoms with E-state index in [1.807, 2.05) is 31.2 Å². The van der Waals surface area contributed by atoms with Crippen molar-refractivity contribution >= 4 is 27.5 Å². The van der Waals surface area contributed by atoms with E-state index in [9.17, 15) is 0 Å². The van der Waals surface area contributed by atoms with Crippen molar-refractivity contribution in [2.75, 3.05) is 14.2 Å². The number of aryl methyl sites for hydroxylation is 1. The Balaban J connectivity index is 2.44. The second kappa shape index (κ2) is 6.55. The van der Waals surface area contributed by atoms with E-state index in [0.717, 1.165) is 22.2 Å². The van der Waals surface area contributed by atoms with Gasteiger partial charge in [0.05, 0.1) is 18.7 Å². The van der Waals surface area contributed by atoms with Gasteiger partial charge in [0.2, 0.25) is 0 Å². The van der Waals surface area contributed by atoms with Crippen LogP contribution in [0.4, 0.5) is 0 Å². The molecule has 0 spiro atoms. The molecule has 3 nitrogen and oxygen atoms in total. The molecule has 108 valence electrons. The molecule has 0 aliphatic carbocycles. The number of ether oxygens (including phenoxy) is 2. The molecule has 0 N–H and O–H groups in total. The van der Waals surface area contributed by atoms with Gasteiger partial charge in [-0.15, -0.1) is 11.6 Å². The van der Waals surface area contributed by atoms with Crippen molar-refractivity contribution in [3.05, 3.63) is 45.8 Å². The summed E-state index contributed by atoms with van der Waals surface area (Å²) in [5.41, 5.74) is 0.811. The maximum Gasteiger partial charge on any atom is 0.133 e. The molecule has 1 aromatic heterocycles. The fraction of sp³-hybridized carbons (Fsp3) is 0.333. The van der Waals surface area contributed by atoms with E-state index in [-0.39, 0.29) is 0 Å². The average Bonchev–Trinajstić information content (AvgIpc) is 2.95. The fourth-order valence-corrected chi connectivity index (χ4v) is 2.73. The summed E-state index contributed by atoms with van der Waals surface area (Å²) in [5, 5.41) is -0.424. The number of hydrogen-bond donors (Lipinski definition) is 0. The number of furan rings is 1. The molecule has 1 heterocycles. The highest BCUT2D eigenvalue weighted by atomic mass is 79.9. The number of halogens is 2. The van der Waals surface area contributed by atoms with Gasteiger partial charge in [-0.3, -0.25) is 0 Å². The van der Waals surface area contributed by atoms with Gasteiger partial charge in [0.1, 0.15) is 28.4 Å².